The molecule has 2 rings (SSSR count). The Morgan fingerprint density at radius 2 is 1.91 bits per heavy atom. The van der Waals surface area contributed by atoms with Crippen molar-refractivity contribution in [3.8, 4) is 0 Å². The van der Waals surface area contributed by atoms with Gasteiger partial charge in [-0.3, -0.25) is 0 Å². The van der Waals surface area contributed by atoms with E-state index in [9.17, 15) is 18.3 Å². The summed E-state index contributed by atoms with van der Waals surface area (Å²) in [5, 5.41) is 11.8. The normalized spacial score (nSPS) is 12.0. The molecule has 2 amide bonds. The molecule has 8 heteroatoms. The summed E-state index contributed by atoms with van der Waals surface area (Å²) in [6.07, 6.45) is 1.13. The summed E-state index contributed by atoms with van der Waals surface area (Å²) in [5.74, 6) is 0. The highest BCUT2D eigenvalue weighted by molar-refractivity contribution is 7.89. The lowest BCUT2D eigenvalue weighted by molar-refractivity contribution is 0.0779. The molecule has 0 aliphatic heterocycles. The van der Waals surface area contributed by atoms with Crippen molar-refractivity contribution in [2.24, 2.45) is 0 Å². The first-order chi connectivity index (χ1) is 10.6. The second-order valence-corrected chi connectivity index (χ2v) is 7.20. The van der Waals surface area contributed by atoms with E-state index in [4.69, 9.17) is 4.42 Å². The average Bonchev–Trinajstić information content (AvgIpc) is 2.91. The number of carbonyl (C=O) groups excluding carboxylic acids is 1. The maximum atomic E-state index is 12.1. The van der Waals surface area contributed by atoms with Gasteiger partial charge in [0.2, 0.25) is 5.09 Å². The number of hydrogen-bond acceptors (Lipinski definition) is 5. The Morgan fingerprint density at radius 1 is 1.26 bits per heavy atom. The lowest BCUT2D eigenvalue weighted by atomic mass is 10.0. The minimum Gasteiger partial charge on any atom is -0.451 e. The van der Waals surface area contributed by atoms with E-state index >= 15 is 0 Å². The van der Waals surface area contributed by atoms with Crippen LogP contribution in [-0.2, 0) is 15.6 Å². The van der Waals surface area contributed by atoms with Crippen molar-refractivity contribution in [2.75, 3.05) is 5.32 Å². The first-order valence-corrected chi connectivity index (χ1v) is 8.29. The second-order valence-electron chi connectivity index (χ2n) is 5.59. The molecule has 7 nitrogen and oxygen atoms in total. The number of nitrogens with one attached hydrogen (secondary N) is 2. The van der Waals surface area contributed by atoms with Crippen LogP contribution in [0.4, 0.5) is 10.5 Å². The number of urea groups is 1. The van der Waals surface area contributed by atoms with Crippen LogP contribution in [-0.4, -0.2) is 19.6 Å². The molecule has 0 spiro atoms. The Labute approximate surface area is 134 Å². The molecule has 0 unspecified atom stereocenters. The number of rotatable bonds is 4. The third-order valence-corrected chi connectivity index (χ3v) is 4.36. The van der Waals surface area contributed by atoms with E-state index in [1.165, 1.54) is 19.9 Å². The first kappa shape index (κ1) is 17.0. The van der Waals surface area contributed by atoms with Crippen LogP contribution in [0.2, 0.25) is 0 Å². The van der Waals surface area contributed by atoms with Gasteiger partial charge < -0.3 is 14.8 Å². The molecule has 0 aliphatic rings. The third kappa shape index (κ3) is 4.11. The molecule has 1 aromatic heterocycles. The van der Waals surface area contributed by atoms with E-state index in [1.807, 2.05) is 4.72 Å². The Kier molecular flexibility index (Phi) is 4.49. The molecule has 124 valence electrons. The maximum absolute atomic E-state index is 12.1. The van der Waals surface area contributed by atoms with Crippen molar-refractivity contribution in [1.29, 1.82) is 0 Å². The molecule has 0 radical (unpaired) electrons. The monoisotopic (exact) mass is 338 g/mol. The summed E-state index contributed by atoms with van der Waals surface area (Å²) in [6, 6.07) is 7.23. The number of aryl methyl sites for hydroxylation is 1. The number of furan rings is 1. The fourth-order valence-electron chi connectivity index (χ4n) is 1.81. The number of benzene rings is 1. The average molecular weight is 338 g/mol. The Hall–Kier alpha value is -2.32. The van der Waals surface area contributed by atoms with Gasteiger partial charge in [0.1, 0.15) is 0 Å². The van der Waals surface area contributed by atoms with Crippen molar-refractivity contribution in [1.82, 2.24) is 4.72 Å². The van der Waals surface area contributed by atoms with Gasteiger partial charge >= 0.3 is 6.03 Å². The van der Waals surface area contributed by atoms with Crippen LogP contribution in [0.5, 0.6) is 0 Å². The molecule has 2 aromatic rings. The van der Waals surface area contributed by atoms with Gasteiger partial charge in [-0.05, 0) is 32.4 Å². The standard InChI is InChI=1S/C15H18N2O5S/c1-10-6-4-5-7-12(10)16-14(18)17-23(20,21)13-8-11(9-22-13)15(2,3)19/h4-9,19H,1-3H3,(H2,16,17,18). The van der Waals surface area contributed by atoms with Crippen LogP contribution >= 0.6 is 0 Å². The van der Waals surface area contributed by atoms with Crippen LogP contribution in [0.25, 0.3) is 0 Å². The number of hydrogen-bond donors (Lipinski definition) is 3. The highest BCUT2D eigenvalue weighted by atomic mass is 32.2. The number of sulfonamides is 1. The van der Waals surface area contributed by atoms with Gasteiger partial charge in [0.15, 0.2) is 0 Å². The van der Waals surface area contributed by atoms with Gasteiger partial charge in [-0.15, -0.1) is 0 Å². The van der Waals surface area contributed by atoms with Gasteiger partial charge in [0.25, 0.3) is 10.0 Å². The quantitative estimate of drug-likeness (QED) is 0.793. The summed E-state index contributed by atoms with van der Waals surface area (Å²) in [6.45, 7) is 4.77. The van der Waals surface area contributed by atoms with Crippen molar-refractivity contribution >= 4 is 21.7 Å². The van der Waals surface area contributed by atoms with Gasteiger partial charge in [-0.25, -0.2) is 9.52 Å². The number of anilines is 1. The molecule has 0 aliphatic carbocycles. The Morgan fingerprint density at radius 3 is 2.48 bits per heavy atom. The van der Waals surface area contributed by atoms with Crippen molar-refractivity contribution in [3.63, 3.8) is 0 Å². The molecule has 3 N–H and O–H groups in total. The molecular weight excluding hydrogens is 320 g/mol. The van der Waals surface area contributed by atoms with Crippen molar-refractivity contribution in [2.45, 2.75) is 31.5 Å². The van der Waals surface area contributed by atoms with E-state index in [2.05, 4.69) is 5.32 Å². The minimum atomic E-state index is -4.17. The van der Waals surface area contributed by atoms with E-state index < -0.39 is 26.7 Å². The molecule has 0 saturated heterocycles. The zero-order valence-corrected chi connectivity index (χ0v) is 13.8. The SMILES string of the molecule is Cc1ccccc1NC(=O)NS(=O)(=O)c1cc(C(C)(C)O)co1. The predicted octanol–water partition coefficient (Wildman–Crippen LogP) is 2.33. The first-order valence-electron chi connectivity index (χ1n) is 6.80. The van der Waals surface area contributed by atoms with Gasteiger partial charge in [-0.1, -0.05) is 18.2 Å². The maximum Gasteiger partial charge on any atom is 0.333 e. The summed E-state index contributed by atoms with van der Waals surface area (Å²) in [7, 11) is -4.17. The van der Waals surface area contributed by atoms with Crippen LogP contribution in [0.1, 0.15) is 25.0 Å². The molecule has 0 fully saturated rings. The van der Waals surface area contributed by atoms with Crippen LogP contribution in [0.3, 0.4) is 0 Å². The molecule has 23 heavy (non-hydrogen) atoms. The Bertz CT molecular complexity index is 818. The smallest absolute Gasteiger partial charge is 0.333 e. The van der Waals surface area contributed by atoms with E-state index in [0.717, 1.165) is 11.8 Å². The van der Waals surface area contributed by atoms with Crippen molar-refractivity contribution in [3.05, 3.63) is 47.7 Å². The molecule has 0 atom stereocenters. The molecule has 1 heterocycles. The highest BCUT2D eigenvalue weighted by Crippen LogP contribution is 2.24. The molecular formula is C15H18N2O5S. The number of amides is 2. The van der Waals surface area contributed by atoms with Gasteiger partial charge in [0.05, 0.1) is 11.9 Å². The topological polar surface area (TPSA) is 109 Å². The van der Waals surface area contributed by atoms with Crippen LogP contribution in [0, 0.1) is 6.92 Å². The zero-order valence-electron chi connectivity index (χ0n) is 13.0. The number of para-hydroxylation sites is 1. The molecule has 0 bridgehead atoms. The summed E-state index contributed by atoms with van der Waals surface area (Å²) in [4.78, 5) is 11.9. The zero-order chi connectivity index (χ0) is 17.3. The third-order valence-electron chi connectivity index (χ3n) is 3.17. The van der Waals surface area contributed by atoms with Crippen LogP contribution in [0.15, 0.2) is 46.1 Å². The molecule has 0 saturated carbocycles. The summed E-state index contributed by atoms with van der Waals surface area (Å²) >= 11 is 0. The predicted molar refractivity (Wildman–Crippen MR) is 84.5 cm³/mol. The number of carbonyl (C=O) groups is 1. The van der Waals surface area contributed by atoms with Crippen molar-refractivity contribution < 1.29 is 22.7 Å². The summed E-state index contributed by atoms with van der Waals surface area (Å²) in [5.41, 5.74) is 0.331. The minimum absolute atomic E-state index is 0.289. The highest BCUT2D eigenvalue weighted by Gasteiger charge is 2.26. The number of aliphatic hydroxyl groups is 1. The fraction of sp³-hybridized carbons (Fsp3) is 0.267. The lowest BCUT2D eigenvalue weighted by Crippen LogP contribution is -2.34. The Balaban J connectivity index is 2.13. The van der Waals surface area contributed by atoms with Gasteiger partial charge in [0, 0.05) is 17.3 Å². The van der Waals surface area contributed by atoms with Crippen LogP contribution < -0.4 is 10.0 Å². The largest absolute Gasteiger partial charge is 0.451 e. The second kappa shape index (κ2) is 6.05. The van der Waals surface area contributed by atoms with E-state index in [-0.39, 0.29) is 5.56 Å². The summed E-state index contributed by atoms with van der Waals surface area (Å²) < 4.78 is 31.0. The fourth-order valence-corrected chi connectivity index (χ4v) is 2.66. The van der Waals surface area contributed by atoms with E-state index in [1.54, 1.807) is 31.2 Å². The van der Waals surface area contributed by atoms with E-state index in [0.29, 0.717) is 5.69 Å². The van der Waals surface area contributed by atoms with Gasteiger partial charge in [-0.2, -0.15) is 8.42 Å². The lowest BCUT2D eigenvalue weighted by Gasteiger charge is -2.13. The molecule has 1 aromatic carbocycles.